The standard InChI is InChI=1S/C15H17N3O2/c1-17-13(19)11-4-6-12(7-5-11)18-14(20)15(10-16)8-2-3-9-15/h4-7H,2-3,8-9H2,1H3,(H,17,19)(H,18,20). The van der Waals surface area contributed by atoms with Crippen LogP contribution in [0, 0.1) is 16.7 Å². The van der Waals surface area contributed by atoms with Crippen LogP contribution in [0.1, 0.15) is 36.0 Å². The van der Waals surface area contributed by atoms with Crippen LogP contribution in [0.4, 0.5) is 5.69 Å². The number of nitriles is 1. The molecule has 5 heteroatoms. The van der Waals surface area contributed by atoms with Gasteiger partial charge in [-0.25, -0.2) is 0 Å². The summed E-state index contributed by atoms with van der Waals surface area (Å²) < 4.78 is 0. The molecule has 1 saturated carbocycles. The topological polar surface area (TPSA) is 82.0 Å². The average molecular weight is 271 g/mol. The minimum absolute atomic E-state index is 0.174. The average Bonchev–Trinajstić information content (AvgIpc) is 2.97. The summed E-state index contributed by atoms with van der Waals surface area (Å²) in [5.74, 6) is -0.419. The Balaban J connectivity index is 2.09. The Morgan fingerprint density at radius 1 is 1.20 bits per heavy atom. The molecule has 0 spiro atoms. The Morgan fingerprint density at radius 3 is 2.30 bits per heavy atom. The van der Waals surface area contributed by atoms with Gasteiger partial charge in [0, 0.05) is 18.3 Å². The molecule has 2 rings (SSSR count). The molecule has 1 aliphatic carbocycles. The minimum Gasteiger partial charge on any atom is -0.355 e. The first kappa shape index (κ1) is 14.1. The van der Waals surface area contributed by atoms with Crippen LogP contribution in [0.3, 0.4) is 0 Å². The lowest BCUT2D eigenvalue weighted by Gasteiger charge is -2.19. The summed E-state index contributed by atoms with van der Waals surface area (Å²) in [6.45, 7) is 0. The van der Waals surface area contributed by atoms with Crippen molar-refractivity contribution >= 4 is 17.5 Å². The van der Waals surface area contributed by atoms with Crippen LogP contribution in [0.15, 0.2) is 24.3 Å². The third-order valence-corrected chi connectivity index (χ3v) is 3.74. The van der Waals surface area contributed by atoms with Gasteiger partial charge in [-0.1, -0.05) is 12.8 Å². The summed E-state index contributed by atoms with van der Waals surface area (Å²) in [5.41, 5.74) is 0.241. The van der Waals surface area contributed by atoms with Crippen LogP contribution >= 0.6 is 0 Å². The van der Waals surface area contributed by atoms with Crippen molar-refractivity contribution in [1.29, 1.82) is 5.26 Å². The van der Waals surface area contributed by atoms with Gasteiger partial charge >= 0.3 is 0 Å². The fourth-order valence-corrected chi connectivity index (χ4v) is 2.47. The monoisotopic (exact) mass is 271 g/mol. The van der Waals surface area contributed by atoms with Gasteiger partial charge in [-0.05, 0) is 37.1 Å². The first-order valence-corrected chi connectivity index (χ1v) is 6.66. The molecule has 1 fully saturated rings. The van der Waals surface area contributed by atoms with E-state index in [1.807, 2.05) is 0 Å². The third kappa shape index (κ3) is 2.64. The van der Waals surface area contributed by atoms with E-state index in [0.29, 0.717) is 24.1 Å². The van der Waals surface area contributed by atoms with Gasteiger partial charge in [0.1, 0.15) is 5.41 Å². The van der Waals surface area contributed by atoms with E-state index >= 15 is 0 Å². The first-order chi connectivity index (χ1) is 9.61. The number of amides is 2. The second-order valence-electron chi connectivity index (χ2n) is 5.01. The quantitative estimate of drug-likeness (QED) is 0.882. The summed E-state index contributed by atoms with van der Waals surface area (Å²) in [5, 5.41) is 14.5. The van der Waals surface area contributed by atoms with Crippen molar-refractivity contribution < 1.29 is 9.59 Å². The zero-order valence-corrected chi connectivity index (χ0v) is 11.4. The van der Waals surface area contributed by atoms with E-state index in [4.69, 9.17) is 0 Å². The van der Waals surface area contributed by atoms with Crippen LogP contribution in [-0.4, -0.2) is 18.9 Å². The molecule has 1 aromatic carbocycles. The number of carbonyl (C=O) groups is 2. The summed E-state index contributed by atoms with van der Waals surface area (Å²) >= 11 is 0. The Kier molecular flexibility index (Phi) is 4.04. The maximum Gasteiger partial charge on any atom is 0.251 e. The van der Waals surface area contributed by atoms with Crippen LogP contribution in [-0.2, 0) is 4.79 Å². The number of nitrogens with zero attached hydrogens (tertiary/aromatic N) is 1. The summed E-state index contributed by atoms with van der Waals surface area (Å²) in [4.78, 5) is 23.6. The molecule has 1 aromatic rings. The lowest BCUT2D eigenvalue weighted by Crippen LogP contribution is -2.32. The van der Waals surface area contributed by atoms with E-state index in [2.05, 4.69) is 16.7 Å². The number of anilines is 1. The molecule has 0 heterocycles. The van der Waals surface area contributed by atoms with Crippen molar-refractivity contribution in [3.05, 3.63) is 29.8 Å². The molecule has 0 aromatic heterocycles. The fraction of sp³-hybridized carbons (Fsp3) is 0.400. The van der Waals surface area contributed by atoms with Crippen molar-refractivity contribution in [1.82, 2.24) is 5.32 Å². The molecule has 0 atom stereocenters. The number of benzene rings is 1. The summed E-state index contributed by atoms with van der Waals surface area (Å²) in [6, 6.07) is 8.78. The van der Waals surface area contributed by atoms with E-state index in [1.165, 1.54) is 0 Å². The second-order valence-corrected chi connectivity index (χ2v) is 5.01. The third-order valence-electron chi connectivity index (χ3n) is 3.74. The van der Waals surface area contributed by atoms with E-state index < -0.39 is 5.41 Å². The van der Waals surface area contributed by atoms with Crippen LogP contribution in [0.5, 0.6) is 0 Å². The van der Waals surface area contributed by atoms with Gasteiger partial charge < -0.3 is 10.6 Å². The van der Waals surface area contributed by atoms with Crippen LogP contribution in [0.25, 0.3) is 0 Å². The number of hydrogen-bond donors (Lipinski definition) is 2. The van der Waals surface area contributed by atoms with E-state index in [0.717, 1.165) is 12.8 Å². The zero-order valence-electron chi connectivity index (χ0n) is 11.4. The van der Waals surface area contributed by atoms with E-state index in [1.54, 1.807) is 31.3 Å². The number of carbonyl (C=O) groups excluding carboxylic acids is 2. The number of nitrogens with one attached hydrogen (secondary N) is 2. The minimum atomic E-state index is -0.889. The van der Waals surface area contributed by atoms with Gasteiger partial charge in [0.05, 0.1) is 6.07 Å². The maximum atomic E-state index is 12.2. The molecule has 20 heavy (non-hydrogen) atoms. The normalized spacial score (nSPS) is 16.2. The molecule has 1 aliphatic rings. The predicted octanol–water partition coefficient (Wildman–Crippen LogP) is 2.07. The molecule has 0 saturated heterocycles. The fourth-order valence-electron chi connectivity index (χ4n) is 2.47. The highest BCUT2D eigenvalue weighted by Crippen LogP contribution is 2.38. The van der Waals surface area contributed by atoms with Crippen LogP contribution in [0.2, 0.25) is 0 Å². The highest BCUT2D eigenvalue weighted by molar-refractivity contribution is 5.98. The molecular weight excluding hydrogens is 254 g/mol. The van der Waals surface area contributed by atoms with Gasteiger partial charge in [-0.3, -0.25) is 9.59 Å². The maximum absolute atomic E-state index is 12.2. The van der Waals surface area contributed by atoms with E-state index in [-0.39, 0.29) is 11.8 Å². The van der Waals surface area contributed by atoms with Crippen molar-refractivity contribution in [2.45, 2.75) is 25.7 Å². The van der Waals surface area contributed by atoms with Gasteiger partial charge in [0.15, 0.2) is 0 Å². The van der Waals surface area contributed by atoms with Gasteiger partial charge in [0.25, 0.3) is 5.91 Å². The van der Waals surface area contributed by atoms with Gasteiger partial charge in [0.2, 0.25) is 5.91 Å². The Morgan fingerprint density at radius 2 is 1.80 bits per heavy atom. The molecule has 5 nitrogen and oxygen atoms in total. The largest absolute Gasteiger partial charge is 0.355 e. The number of rotatable bonds is 3. The summed E-state index contributed by atoms with van der Waals surface area (Å²) in [6.07, 6.45) is 3.06. The molecule has 0 unspecified atom stereocenters. The highest BCUT2D eigenvalue weighted by Gasteiger charge is 2.41. The van der Waals surface area contributed by atoms with Gasteiger partial charge in [-0.15, -0.1) is 0 Å². The smallest absolute Gasteiger partial charge is 0.251 e. The number of hydrogen-bond acceptors (Lipinski definition) is 3. The van der Waals surface area contributed by atoms with Crippen LogP contribution < -0.4 is 10.6 Å². The lowest BCUT2D eigenvalue weighted by molar-refractivity contribution is -0.122. The Labute approximate surface area is 118 Å². The Bertz CT molecular complexity index is 551. The van der Waals surface area contributed by atoms with E-state index in [9.17, 15) is 14.9 Å². The first-order valence-electron chi connectivity index (χ1n) is 6.66. The van der Waals surface area contributed by atoms with Crippen molar-refractivity contribution in [3.8, 4) is 6.07 Å². The second kappa shape index (κ2) is 5.74. The lowest BCUT2D eigenvalue weighted by atomic mass is 9.87. The molecular formula is C15H17N3O2. The SMILES string of the molecule is CNC(=O)c1ccc(NC(=O)C2(C#N)CCCC2)cc1. The highest BCUT2D eigenvalue weighted by atomic mass is 16.2. The van der Waals surface area contributed by atoms with Crippen molar-refractivity contribution in [2.75, 3.05) is 12.4 Å². The molecule has 0 bridgehead atoms. The summed E-state index contributed by atoms with van der Waals surface area (Å²) in [7, 11) is 1.56. The van der Waals surface area contributed by atoms with Gasteiger partial charge in [-0.2, -0.15) is 5.26 Å². The van der Waals surface area contributed by atoms with Crippen molar-refractivity contribution in [2.24, 2.45) is 5.41 Å². The Hall–Kier alpha value is -2.35. The molecule has 0 radical (unpaired) electrons. The van der Waals surface area contributed by atoms with Crippen molar-refractivity contribution in [3.63, 3.8) is 0 Å². The molecule has 0 aliphatic heterocycles. The molecule has 104 valence electrons. The molecule has 2 N–H and O–H groups in total. The zero-order chi connectivity index (χ0) is 14.6. The predicted molar refractivity (Wildman–Crippen MR) is 75.0 cm³/mol. The molecule has 2 amide bonds.